The van der Waals surface area contributed by atoms with Crippen LogP contribution in [-0.4, -0.2) is 32.8 Å². The van der Waals surface area contributed by atoms with Crippen LogP contribution in [0.1, 0.15) is 26.2 Å². The molecule has 0 aliphatic heterocycles. The highest BCUT2D eigenvalue weighted by atomic mass is 16.5. The van der Waals surface area contributed by atoms with Crippen LogP contribution in [0.4, 0.5) is 0 Å². The van der Waals surface area contributed by atoms with E-state index in [0.29, 0.717) is 6.61 Å². The van der Waals surface area contributed by atoms with Crippen molar-refractivity contribution in [2.24, 2.45) is 0 Å². The van der Waals surface area contributed by atoms with Crippen molar-refractivity contribution in [3.63, 3.8) is 0 Å². The van der Waals surface area contributed by atoms with Crippen LogP contribution in [0.5, 0.6) is 0 Å². The molecule has 0 saturated carbocycles. The van der Waals surface area contributed by atoms with E-state index in [9.17, 15) is 4.79 Å². The van der Waals surface area contributed by atoms with Gasteiger partial charge in [-0.25, -0.2) is 4.79 Å². The van der Waals surface area contributed by atoms with Crippen LogP contribution in [0.25, 0.3) is 0 Å². The fourth-order valence-corrected chi connectivity index (χ4v) is 0.960. The fourth-order valence-electron chi connectivity index (χ4n) is 0.960. The Hall–Kier alpha value is -1.46. The summed E-state index contributed by atoms with van der Waals surface area (Å²) in [5, 5.41) is 10.7. The van der Waals surface area contributed by atoms with Crippen molar-refractivity contribution in [3.05, 3.63) is 6.33 Å². The molecule has 0 aliphatic carbocycles. The smallest absolute Gasteiger partial charge is 0.329 e. The number of aromatic nitrogens is 4. The van der Waals surface area contributed by atoms with Crippen LogP contribution in [0.3, 0.4) is 0 Å². The summed E-state index contributed by atoms with van der Waals surface area (Å²) in [7, 11) is 0. The van der Waals surface area contributed by atoms with Crippen molar-refractivity contribution >= 4 is 5.97 Å². The second-order valence-corrected chi connectivity index (χ2v) is 2.89. The molecule has 0 bridgehead atoms. The lowest BCUT2D eigenvalue weighted by molar-refractivity contribution is -0.145. The standard InChI is InChI=1S/C8H14N4O2/c1-2-3-4-5-14-8(13)6-12-10-7-9-11-12/h7H,2-6H2,1H3. The van der Waals surface area contributed by atoms with Crippen molar-refractivity contribution in [1.29, 1.82) is 0 Å². The van der Waals surface area contributed by atoms with Gasteiger partial charge in [0.25, 0.3) is 0 Å². The Morgan fingerprint density at radius 3 is 3.00 bits per heavy atom. The predicted molar refractivity (Wildman–Crippen MR) is 48.3 cm³/mol. The number of unbranched alkanes of at least 4 members (excludes halogenated alkanes) is 2. The Bertz CT molecular complexity index is 260. The van der Waals surface area contributed by atoms with Crippen LogP contribution in [0.15, 0.2) is 6.33 Å². The van der Waals surface area contributed by atoms with Crippen LogP contribution in [-0.2, 0) is 16.1 Å². The molecule has 6 heteroatoms. The quantitative estimate of drug-likeness (QED) is 0.489. The zero-order valence-electron chi connectivity index (χ0n) is 8.22. The van der Waals surface area contributed by atoms with E-state index in [1.165, 1.54) is 11.1 Å². The summed E-state index contributed by atoms with van der Waals surface area (Å²) in [5.74, 6) is -0.320. The zero-order valence-corrected chi connectivity index (χ0v) is 8.22. The van der Waals surface area contributed by atoms with Crippen LogP contribution < -0.4 is 0 Å². The van der Waals surface area contributed by atoms with Gasteiger partial charge in [-0.1, -0.05) is 19.8 Å². The molecule has 0 unspecified atom stereocenters. The van der Waals surface area contributed by atoms with Gasteiger partial charge in [-0.05, 0) is 11.6 Å². The number of esters is 1. The van der Waals surface area contributed by atoms with Gasteiger partial charge in [0, 0.05) is 0 Å². The molecule has 0 spiro atoms. The molecule has 6 nitrogen and oxygen atoms in total. The average Bonchev–Trinajstić information content (AvgIpc) is 2.65. The summed E-state index contributed by atoms with van der Waals surface area (Å²) < 4.78 is 4.95. The highest BCUT2D eigenvalue weighted by Gasteiger charge is 2.04. The van der Waals surface area contributed by atoms with Crippen molar-refractivity contribution in [2.45, 2.75) is 32.7 Å². The number of hydrogen-bond acceptors (Lipinski definition) is 5. The fraction of sp³-hybridized carbons (Fsp3) is 0.750. The minimum absolute atomic E-state index is 0.0339. The number of hydrogen-bond donors (Lipinski definition) is 0. The molecule has 0 saturated heterocycles. The Labute approximate surface area is 82.2 Å². The van der Waals surface area contributed by atoms with Crippen molar-refractivity contribution in [2.75, 3.05) is 6.61 Å². The summed E-state index contributed by atoms with van der Waals surface area (Å²) in [4.78, 5) is 12.3. The lowest BCUT2D eigenvalue weighted by atomic mass is 10.3. The molecule has 0 atom stereocenters. The van der Waals surface area contributed by atoms with E-state index in [2.05, 4.69) is 22.3 Å². The minimum Gasteiger partial charge on any atom is -0.464 e. The molecule has 0 fully saturated rings. The third kappa shape index (κ3) is 3.97. The van der Waals surface area contributed by atoms with E-state index < -0.39 is 0 Å². The van der Waals surface area contributed by atoms with Crippen molar-refractivity contribution in [1.82, 2.24) is 20.2 Å². The number of tetrazole rings is 1. The molecule has 14 heavy (non-hydrogen) atoms. The lowest BCUT2D eigenvalue weighted by Crippen LogP contribution is -2.16. The first kappa shape index (κ1) is 10.6. The van der Waals surface area contributed by atoms with Gasteiger partial charge < -0.3 is 4.74 Å². The van der Waals surface area contributed by atoms with E-state index >= 15 is 0 Å². The first-order chi connectivity index (χ1) is 6.83. The first-order valence-corrected chi connectivity index (χ1v) is 4.69. The van der Waals surface area contributed by atoms with Gasteiger partial charge in [0.1, 0.15) is 0 Å². The molecule has 1 aromatic heterocycles. The molecule has 0 aliphatic rings. The van der Waals surface area contributed by atoms with Gasteiger partial charge in [-0.3, -0.25) is 0 Å². The summed E-state index contributed by atoms with van der Waals surface area (Å²) in [6.45, 7) is 2.61. The van der Waals surface area contributed by atoms with Crippen LogP contribution in [0.2, 0.25) is 0 Å². The number of ether oxygens (including phenoxy) is 1. The second kappa shape index (κ2) is 6.06. The summed E-state index contributed by atoms with van der Waals surface area (Å²) in [6, 6.07) is 0. The zero-order chi connectivity index (χ0) is 10.2. The third-order valence-corrected chi connectivity index (χ3v) is 1.67. The van der Waals surface area contributed by atoms with E-state index in [1.807, 2.05) is 0 Å². The van der Waals surface area contributed by atoms with Crippen LogP contribution in [0, 0.1) is 0 Å². The van der Waals surface area contributed by atoms with E-state index in [1.54, 1.807) is 0 Å². The molecule has 1 rings (SSSR count). The molecular formula is C8H14N4O2. The topological polar surface area (TPSA) is 69.9 Å². The monoisotopic (exact) mass is 198 g/mol. The molecule has 0 N–H and O–H groups in total. The Morgan fingerprint density at radius 2 is 2.36 bits per heavy atom. The highest BCUT2D eigenvalue weighted by molar-refractivity contribution is 5.68. The van der Waals surface area contributed by atoms with Crippen molar-refractivity contribution in [3.8, 4) is 0 Å². The molecule has 0 radical (unpaired) electrons. The van der Waals surface area contributed by atoms with E-state index in [4.69, 9.17) is 4.74 Å². The molecule has 0 amide bonds. The van der Waals surface area contributed by atoms with Gasteiger partial charge in [-0.15, -0.1) is 10.2 Å². The first-order valence-electron chi connectivity index (χ1n) is 4.69. The maximum absolute atomic E-state index is 11.1. The maximum Gasteiger partial charge on any atom is 0.329 e. The highest BCUT2D eigenvalue weighted by Crippen LogP contribution is 1.94. The number of nitrogens with zero attached hydrogens (tertiary/aromatic N) is 4. The van der Waals surface area contributed by atoms with Gasteiger partial charge in [0.05, 0.1) is 6.61 Å². The lowest BCUT2D eigenvalue weighted by Gasteiger charge is -2.02. The van der Waals surface area contributed by atoms with Gasteiger partial charge in [-0.2, -0.15) is 4.80 Å². The minimum atomic E-state index is -0.320. The Morgan fingerprint density at radius 1 is 1.50 bits per heavy atom. The van der Waals surface area contributed by atoms with E-state index in [-0.39, 0.29) is 12.5 Å². The Balaban J connectivity index is 2.11. The van der Waals surface area contributed by atoms with Crippen LogP contribution >= 0.6 is 0 Å². The van der Waals surface area contributed by atoms with E-state index in [0.717, 1.165) is 19.3 Å². The second-order valence-electron chi connectivity index (χ2n) is 2.89. The van der Waals surface area contributed by atoms with Gasteiger partial charge in [0.2, 0.25) is 0 Å². The largest absolute Gasteiger partial charge is 0.464 e. The molecule has 1 heterocycles. The summed E-state index contributed by atoms with van der Waals surface area (Å²) in [5.41, 5.74) is 0. The molecule has 0 aromatic carbocycles. The molecule has 78 valence electrons. The predicted octanol–water partition coefficient (Wildman–Crippen LogP) is 0.406. The third-order valence-electron chi connectivity index (χ3n) is 1.67. The normalized spacial score (nSPS) is 10.1. The molecular weight excluding hydrogens is 184 g/mol. The van der Waals surface area contributed by atoms with Crippen molar-refractivity contribution < 1.29 is 9.53 Å². The number of carbonyl (C=O) groups is 1. The number of rotatable bonds is 6. The van der Waals surface area contributed by atoms with Gasteiger partial charge >= 0.3 is 5.97 Å². The summed E-state index contributed by atoms with van der Waals surface area (Å²) in [6.07, 6.45) is 4.38. The maximum atomic E-state index is 11.1. The number of carbonyl (C=O) groups excluding carboxylic acids is 1. The summed E-state index contributed by atoms with van der Waals surface area (Å²) >= 11 is 0. The van der Waals surface area contributed by atoms with Gasteiger partial charge in [0.15, 0.2) is 12.9 Å². The SMILES string of the molecule is CCCCCOC(=O)Cn1ncnn1. The Kier molecular flexibility index (Phi) is 4.60. The molecule has 1 aromatic rings. The average molecular weight is 198 g/mol.